The number of pyridine rings is 1. The lowest BCUT2D eigenvalue weighted by Crippen LogP contribution is -2.37. The summed E-state index contributed by atoms with van der Waals surface area (Å²) < 4.78 is 2.50. The smallest absolute Gasteiger partial charge is 0.280 e. The molecule has 0 atom stereocenters. The zero-order chi connectivity index (χ0) is 21.4. The first-order chi connectivity index (χ1) is 14.3. The number of fused-ring (bicyclic) bond motifs is 1. The van der Waals surface area contributed by atoms with Crippen LogP contribution in [0.4, 0.5) is 0 Å². The normalized spacial score (nSPS) is 11.2. The van der Waals surface area contributed by atoms with E-state index in [1.807, 2.05) is 38.1 Å². The van der Waals surface area contributed by atoms with E-state index in [0.717, 1.165) is 26.8 Å². The van der Waals surface area contributed by atoms with Crippen LogP contribution >= 0.6 is 11.8 Å². The third-order valence-corrected chi connectivity index (χ3v) is 5.89. The van der Waals surface area contributed by atoms with Gasteiger partial charge in [-0.3, -0.25) is 18.9 Å². The summed E-state index contributed by atoms with van der Waals surface area (Å²) >= 11 is 1.44. The fourth-order valence-electron chi connectivity index (χ4n) is 3.40. The van der Waals surface area contributed by atoms with Crippen molar-refractivity contribution in [2.75, 3.05) is 0 Å². The molecule has 3 heterocycles. The predicted molar refractivity (Wildman–Crippen MR) is 119 cm³/mol. The van der Waals surface area contributed by atoms with Crippen molar-refractivity contribution in [2.45, 2.75) is 24.6 Å². The first-order valence-electron chi connectivity index (χ1n) is 9.43. The SMILES string of the molecule is Cc1cc(C)cc(-c2nc(SCc3cccnc3)c3c(=O)n(C)c(=O)n(C)c3n2)c1. The monoisotopic (exact) mass is 419 g/mol. The Morgan fingerprint density at radius 3 is 2.40 bits per heavy atom. The molecular formula is C22H21N5O2S. The third-order valence-electron chi connectivity index (χ3n) is 4.85. The summed E-state index contributed by atoms with van der Waals surface area (Å²) in [5.41, 5.74) is 3.58. The van der Waals surface area contributed by atoms with Crippen LogP contribution in [0.25, 0.3) is 22.4 Å². The molecule has 0 aliphatic heterocycles. The first kappa shape index (κ1) is 20.0. The van der Waals surface area contributed by atoms with Gasteiger partial charge in [-0.1, -0.05) is 23.3 Å². The van der Waals surface area contributed by atoms with Gasteiger partial charge in [-0.15, -0.1) is 11.8 Å². The minimum Gasteiger partial charge on any atom is -0.280 e. The summed E-state index contributed by atoms with van der Waals surface area (Å²) in [5, 5.41) is 0.899. The Morgan fingerprint density at radius 1 is 1.00 bits per heavy atom. The first-order valence-corrected chi connectivity index (χ1v) is 10.4. The van der Waals surface area contributed by atoms with E-state index < -0.39 is 11.2 Å². The molecule has 0 saturated carbocycles. The fourth-order valence-corrected chi connectivity index (χ4v) is 4.35. The van der Waals surface area contributed by atoms with Crippen molar-refractivity contribution in [3.8, 4) is 11.4 Å². The molecule has 0 fully saturated rings. The third kappa shape index (κ3) is 3.66. The Morgan fingerprint density at radius 2 is 1.73 bits per heavy atom. The van der Waals surface area contributed by atoms with E-state index in [0.29, 0.717) is 27.6 Å². The highest BCUT2D eigenvalue weighted by atomic mass is 32.2. The topological polar surface area (TPSA) is 82.7 Å². The van der Waals surface area contributed by atoms with Crippen molar-refractivity contribution in [3.05, 3.63) is 80.3 Å². The predicted octanol–water partition coefficient (Wildman–Crippen LogP) is 3.00. The maximum atomic E-state index is 12.9. The van der Waals surface area contributed by atoms with E-state index in [-0.39, 0.29) is 0 Å². The van der Waals surface area contributed by atoms with Gasteiger partial charge >= 0.3 is 5.69 Å². The molecule has 0 saturated heterocycles. The second-order valence-corrected chi connectivity index (χ2v) is 8.25. The van der Waals surface area contributed by atoms with Gasteiger partial charge in [0.05, 0.1) is 0 Å². The standard InChI is InChI=1S/C22H21N5O2S/c1-13-8-14(2)10-16(9-13)18-24-19-17(21(28)27(4)22(29)26(19)3)20(25-18)30-12-15-6-5-7-23-11-15/h5-11H,12H2,1-4H3. The molecular weight excluding hydrogens is 398 g/mol. The lowest BCUT2D eigenvalue weighted by atomic mass is 10.1. The van der Waals surface area contributed by atoms with Gasteiger partial charge in [-0.25, -0.2) is 14.8 Å². The molecule has 4 rings (SSSR count). The van der Waals surface area contributed by atoms with Gasteiger partial charge in [0.1, 0.15) is 10.4 Å². The highest BCUT2D eigenvalue weighted by Crippen LogP contribution is 2.29. The molecule has 3 aromatic heterocycles. The van der Waals surface area contributed by atoms with Crippen molar-refractivity contribution in [1.29, 1.82) is 0 Å². The maximum absolute atomic E-state index is 12.9. The Hall–Kier alpha value is -3.26. The Labute approximate surface area is 177 Å². The number of thioether (sulfide) groups is 1. The lowest BCUT2D eigenvalue weighted by Gasteiger charge is -2.12. The largest absolute Gasteiger partial charge is 0.332 e. The molecule has 0 unspecified atom stereocenters. The number of benzene rings is 1. The van der Waals surface area contributed by atoms with Crippen LogP contribution in [0, 0.1) is 13.8 Å². The Bertz CT molecular complexity index is 1360. The van der Waals surface area contributed by atoms with E-state index in [2.05, 4.69) is 16.0 Å². The minimum absolute atomic E-state index is 0.334. The second kappa shape index (κ2) is 7.87. The Kier molecular flexibility index (Phi) is 5.26. The summed E-state index contributed by atoms with van der Waals surface area (Å²) in [5.74, 6) is 1.09. The van der Waals surface area contributed by atoms with Crippen LogP contribution in [0.3, 0.4) is 0 Å². The molecule has 30 heavy (non-hydrogen) atoms. The number of hydrogen-bond donors (Lipinski definition) is 0. The molecule has 4 aromatic rings. The van der Waals surface area contributed by atoms with E-state index in [4.69, 9.17) is 4.98 Å². The zero-order valence-electron chi connectivity index (χ0n) is 17.2. The summed E-state index contributed by atoms with van der Waals surface area (Å²) in [6.45, 7) is 4.03. The van der Waals surface area contributed by atoms with E-state index in [1.54, 1.807) is 19.4 Å². The van der Waals surface area contributed by atoms with Crippen molar-refractivity contribution in [3.63, 3.8) is 0 Å². The molecule has 0 radical (unpaired) electrons. The van der Waals surface area contributed by atoms with Crippen molar-refractivity contribution < 1.29 is 0 Å². The van der Waals surface area contributed by atoms with Gasteiger partial charge in [-0.05, 0) is 37.6 Å². The van der Waals surface area contributed by atoms with E-state index in [1.165, 1.54) is 23.4 Å². The van der Waals surface area contributed by atoms with Crippen LogP contribution in [-0.2, 0) is 19.8 Å². The number of hydrogen-bond acceptors (Lipinski definition) is 6. The average Bonchev–Trinajstić information content (AvgIpc) is 2.74. The van der Waals surface area contributed by atoms with Gasteiger partial charge < -0.3 is 0 Å². The van der Waals surface area contributed by atoms with Crippen molar-refractivity contribution in [1.82, 2.24) is 24.1 Å². The van der Waals surface area contributed by atoms with Crippen LogP contribution in [0.1, 0.15) is 16.7 Å². The molecule has 0 N–H and O–H groups in total. The Balaban J connectivity index is 1.96. The average molecular weight is 420 g/mol. The number of aryl methyl sites for hydroxylation is 3. The van der Waals surface area contributed by atoms with Crippen LogP contribution in [-0.4, -0.2) is 24.1 Å². The van der Waals surface area contributed by atoms with Gasteiger partial charge in [0, 0.05) is 37.8 Å². The second-order valence-electron chi connectivity index (χ2n) is 7.28. The molecule has 1 aromatic carbocycles. The maximum Gasteiger partial charge on any atom is 0.332 e. The number of nitrogens with zero attached hydrogens (tertiary/aromatic N) is 5. The minimum atomic E-state index is -0.416. The summed E-state index contributed by atoms with van der Waals surface area (Å²) in [6, 6.07) is 9.93. The van der Waals surface area contributed by atoms with Gasteiger partial charge in [0.2, 0.25) is 0 Å². The molecule has 152 valence electrons. The summed E-state index contributed by atoms with van der Waals surface area (Å²) in [4.78, 5) is 38.9. The summed E-state index contributed by atoms with van der Waals surface area (Å²) in [6.07, 6.45) is 3.51. The molecule has 8 heteroatoms. The highest BCUT2D eigenvalue weighted by Gasteiger charge is 2.18. The molecule has 0 aliphatic carbocycles. The van der Waals surface area contributed by atoms with Crippen LogP contribution in [0.2, 0.25) is 0 Å². The van der Waals surface area contributed by atoms with Crippen LogP contribution in [0.5, 0.6) is 0 Å². The number of rotatable bonds is 4. The molecule has 0 amide bonds. The molecule has 0 aliphatic rings. The van der Waals surface area contributed by atoms with E-state index in [9.17, 15) is 9.59 Å². The zero-order valence-corrected chi connectivity index (χ0v) is 18.0. The lowest BCUT2D eigenvalue weighted by molar-refractivity contribution is 0.703. The van der Waals surface area contributed by atoms with Gasteiger partial charge in [0.15, 0.2) is 11.5 Å². The van der Waals surface area contributed by atoms with Crippen molar-refractivity contribution >= 4 is 22.8 Å². The molecule has 0 bridgehead atoms. The van der Waals surface area contributed by atoms with E-state index >= 15 is 0 Å². The van der Waals surface area contributed by atoms with Crippen LogP contribution in [0.15, 0.2) is 57.3 Å². The van der Waals surface area contributed by atoms with Gasteiger partial charge in [-0.2, -0.15) is 0 Å². The molecule has 7 nitrogen and oxygen atoms in total. The quantitative estimate of drug-likeness (QED) is 0.374. The van der Waals surface area contributed by atoms with Gasteiger partial charge in [0.25, 0.3) is 5.56 Å². The van der Waals surface area contributed by atoms with Crippen molar-refractivity contribution in [2.24, 2.45) is 14.1 Å². The fraction of sp³-hybridized carbons (Fsp3) is 0.227. The van der Waals surface area contributed by atoms with Crippen LogP contribution < -0.4 is 11.2 Å². The molecule has 0 spiro atoms. The summed E-state index contributed by atoms with van der Waals surface area (Å²) in [7, 11) is 3.09. The highest BCUT2D eigenvalue weighted by molar-refractivity contribution is 7.98. The number of aromatic nitrogens is 5.